The number of aromatic nitrogens is 3. The van der Waals surface area contributed by atoms with Crippen LogP contribution in [0.2, 0.25) is 0 Å². The number of fused-ring (bicyclic) bond motifs is 1. The molecule has 0 saturated carbocycles. The van der Waals surface area contributed by atoms with Crippen LogP contribution < -0.4 is 10.1 Å². The summed E-state index contributed by atoms with van der Waals surface area (Å²) in [6, 6.07) is 10.8. The van der Waals surface area contributed by atoms with Gasteiger partial charge in [0.15, 0.2) is 0 Å². The number of benzene rings is 2. The summed E-state index contributed by atoms with van der Waals surface area (Å²) >= 11 is 0. The molecule has 0 spiro atoms. The van der Waals surface area contributed by atoms with E-state index in [-0.39, 0.29) is 23.4 Å². The number of nitrogens with zero attached hydrogens (tertiary/aromatic N) is 3. The Bertz CT molecular complexity index is 1520. The lowest BCUT2D eigenvalue weighted by molar-refractivity contribution is -0.138. The summed E-state index contributed by atoms with van der Waals surface area (Å²) in [5, 5.41) is 3.32. The number of piperidine rings is 1. The van der Waals surface area contributed by atoms with Crippen LogP contribution in [0, 0.1) is 19.8 Å². The van der Waals surface area contributed by atoms with Gasteiger partial charge in [-0.25, -0.2) is 9.97 Å². The standard InChI is InChI=1S/C30H32F3N5O2/c1-4-20-9-11-38(12-10-20)16-22-7-8-23(15-25(22)30(31,32)33)37-28(39)21-6-5-18(2)26(14-21)40-29-24-13-19(3)36-27(24)34-17-35-29/h5-8,13-15,17,20H,4,9-12,16H2,1-3H3,(H,37,39)(H,34,35,36). The van der Waals surface area contributed by atoms with Crippen molar-refractivity contribution >= 4 is 22.6 Å². The van der Waals surface area contributed by atoms with Gasteiger partial charge in [0, 0.05) is 23.5 Å². The van der Waals surface area contributed by atoms with Crippen LogP contribution in [0.25, 0.3) is 11.0 Å². The number of nitrogens with one attached hydrogen (secondary N) is 2. The van der Waals surface area contributed by atoms with Gasteiger partial charge in [-0.3, -0.25) is 9.69 Å². The monoisotopic (exact) mass is 551 g/mol. The van der Waals surface area contributed by atoms with E-state index in [2.05, 4.69) is 32.1 Å². The van der Waals surface area contributed by atoms with Gasteiger partial charge >= 0.3 is 6.18 Å². The van der Waals surface area contributed by atoms with E-state index >= 15 is 0 Å². The molecule has 0 unspecified atom stereocenters. The highest BCUT2D eigenvalue weighted by molar-refractivity contribution is 6.04. The fraction of sp³-hybridized carbons (Fsp3) is 0.367. The van der Waals surface area contributed by atoms with E-state index in [1.54, 1.807) is 18.2 Å². The number of hydrogen-bond acceptors (Lipinski definition) is 5. The van der Waals surface area contributed by atoms with Gasteiger partial charge in [0.2, 0.25) is 5.88 Å². The minimum atomic E-state index is -4.54. The van der Waals surface area contributed by atoms with E-state index in [0.717, 1.165) is 49.7 Å². The number of carbonyl (C=O) groups is 1. The topological polar surface area (TPSA) is 83.1 Å². The molecule has 210 valence electrons. The molecular formula is C30H32F3N5O2. The second kappa shape index (κ2) is 11.3. The molecule has 2 aromatic heterocycles. The largest absolute Gasteiger partial charge is 0.438 e. The van der Waals surface area contributed by atoms with Crippen molar-refractivity contribution in [1.82, 2.24) is 19.9 Å². The first kappa shape index (κ1) is 27.6. The van der Waals surface area contributed by atoms with E-state index in [1.165, 1.54) is 18.5 Å². The van der Waals surface area contributed by atoms with Crippen LogP contribution in [0.5, 0.6) is 11.6 Å². The number of H-pyrrole nitrogens is 1. The summed E-state index contributed by atoms with van der Waals surface area (Å²) in [5.74, 6) is 0.838. The van der Waals surface area contributed by atoms with E-state index in [9.17, 15) is 18.0 Å². The van der Waals surface area contributed by atoms with Crippen LogP contribution in [0.4, 0.5) is 18.9 Å². The van der Waals surface area contributed by atoms with E-state index < -0.39 is 17.6 Å². The highest BCUT2D eigenvalue weighted by Crippen LogP contribution is 2.36. The fourth-order valence-corrected chi connectivity index (χ4v) is 5.14. The first-order valence-electron chi connectivity index (χ1n) is 13.4. The van der Waals surface area contributed by atoms with Gasteiger partial charge in [-0.15, -0.1) is 0 Å². The zero-order valence-corrected chi connectivity index (χ0v) is 22.7. The maximum absolute atomic E-state index is 14.0. The van der Waals surface area contributed by atoms with Crippen LogP contribution in [0.15, 0.2) is 48.8 Å². The molecule has 4 aromatic rings. The number of amides is 1. The summed E-state index contributed by atoms with van der Waals surface area (Å²) in [6.45, 7) is 7.69. The molecule has 10 heteroatoms. The lowest BCUT2D eigenvalue weighted by Gasteiger charge is -2.32. The number of likely N-dealkylation sites (tertiary alicyclic amines) is 1. The molecule has 40 heavy (non-hydrogen) atoms. The Kier molecular flexibility index (Phi) is 7.80. The predicted molar refractivity (Wildman–Crippen MR) is 148 cm³/mol. The summed E-state index contributed by atoms with van der Waals surface area (Å²) in [6.07, 6.45) is -0.0547. The predicted octanol–water partition coefficient (Wildman–Crippen LogP) is 7.26. The highest BCUT2D eigenvalue weighted by atomic mass is 19.4. The number of anilines is 1. The van der Waals surface area contributed by atoms with Crippen LogP contribution in [-0.2, 0) is 12.7 Å². The average Bonchev–Trinajstić information content (AvgIpc) is 3.31. The third-order valence-electron chi connectivity index (χ3n) is 7.53. The third kappa shape index (κ3) is 6.12. The zero-order valence-electron chi connectivity index (χ0n) is 22.7. The molecule has 1 aliphatic rings. The molecule has 1 fully saturated rings. The maximum Gasteiger partial charge on any atom is 0.416 e. The van der Waals surface area contributed by atoms with E-state index in [0.29, 0.717) is 28.6 Å². The van der Waals surface area contributed by atoms with E-state index in [4.69, 9.17) is 4.74 Å². The van der Waals surface area contributed by atoms with Gasteiger partial charge < -0.3 is 15.0 Å². The summed E-state index contributed by atoms with van der Waals surface area (Å²) in [5.41, 5.74) is 2.09. The molecule has 1 amide bonds. The molecule has 1 aliphatic heterocycles. The average molecular weight is 552 g/mol. The molecule has 0 aliphatic carbocycles. The number of carbonyl (C=O) groups excluding carboxylic acids is 1. The maximum atomic E-state index is 14.0. The molecule has 5 rings (SSSR count). The first-order valence-corrected chi connectivity index (χ1v) is 13.4. The molecule has 1 saturated heterocycles. The Morgan fingerprint density at radius 3 is 2.60 bits per heavy atom. The molecular weight excluding hydrogens is 519 g/mol. The van der Waals surface area contributed by atoms with Crippen molar-refractivity contribution in [2.75, 3.05) is 18.4 Å². The van der Waals surface area contributed by atoms with E-state index in [1.807, 2.05) is 19.9 Å². The van der Waals surface area contributed by atoms with Crippen LogP contribution >= 0.6 is 0 Å². The number of ether oxygens (including phenoxy) is 1. The number of alkyl halides is 3. The minimum Gasteiger partial charge on any atom is -0.438 e. The van der Waals surface area contributed by atoms with Crippen molar-refractivity contribution in [1.29, 1.82) is 0 Å². The molecule has 0 radical (unpaired) electrons. The van der Waals surface area contributed by atoms with Crippen molar-refractivity contribution in [3.63, 3.8) is 0 Å². The van der Waals surface area contributed by atoms with Crippen molar-refractivity contribution < 1.29 is 22.7 Å². The minimum absolute atomic E-state index is 0.0779. The zero-order chi connectivity index (χ0) is 28.4. The van der Waals surface area contributed by atoms with Gasteiger partial charge in [-0.05, 0) is 87.2 Å². The lowest BCUT2D eigenvalue weighted by atomic mass is 9.94. The fourth-order valence-electron chi connectivity index (χ4n) is 5.14. The van der Waals surface area contributed by atoms with Crippen molar-refractivity contribution in [2.45, 2.75) is 52.8 Å². The second-order valence-electron chi connectivity index (χ2n) is 10.4. The lowest BCUT2D eigenvalue weighted by Crippen LogP contribution is -2.33. The highest BCUT2D eigenvalue weighted by Gasteiger charge is 2.34. The molecule has 2 N–H and O–H groups in total. The number of halogens is 3. The molecule has 0 bridgehead atoms. The number of aromatic amines is 1. The van der Waals surface area contributed by atoms with Crippen LogP contribution in [-0.4, -0.2) is 38.8 Å². The van der Waals surface area contributed by atoms with Crippen LogP contribution in [0.3, 0.4) is 0 Å². The Morgan fingerprint density at radius 2 is 1.88 bits per heavy atom. The number of aryl methyl sites for hydroxylation is 2. The Balaban J connectivity index is 1.34. The summed E-state index contributed by atoms with van der Waals surface area (Å²) < 4.78 is 48.1. The Morgan fingerprint density at radius 1 is 1.10 bits per heavy atom. The summed E-state index contributed by atoms with van der Waals surface area (Å²) in [4.78, 5) is 26.7. The quantitative estimate of drug-likeness (QED) is 0.253. The van der Waals surface area contributed by atoms with Gasteiger partial charge in [0.05, 0.1) is 10.9 Å². The van der Waals surface area contributed by atoms with Gasteiger partial charge in [-0.2, -0.15) is 13.2 Å². The van der Waals surface area contributed by atoms with Crippen molar-refractivity contribution in [3.05, 3.63) is 76.7 Å². The molecule has 0 atom stereocenters. The first-order chi connectivity index (χ1) is 19.1. The van der Waals surface area contributed by atoms with Gasteiger partial charge in [0.1, 0.15) is 17.7 Å². The Labute approximate surface area is 230 Å². The smallest absolute Gasteiger partial charge is 0.416 e. The number of hydrogen-bond donors (Lipinski definition) is 2. The van der Waals surface area contributed by atoms with Crippen molar-refractivity contribution in [3.8, 4) is 11.6 Å². The van der Waals surface area contributed by atoms with Crippen LogP contribution in [0.1, 0.15) is 58.9 Å². The second-order valence-corrected chi connectivity index (χ2v) is 10.4. The molecule has 3 heterocycles. The SMILES string of the molecule is CCC1CCN(Cc2ccc(NC(=O)c3ccc(C)c(Oc4ncnc5[nH]c(C)cc45)c3)cc2C(F)(F)F)CC1. The Hall–Kier alpha value is -3.92. The normalized spacial score (nSPS) is 14.9. The molecule has 7 nitrogen and oxygen atoms in total. The van der Waals surface area contributed by atoms with Crippen molar-refractivity contribution in [2.24, 2.45) is 5.92 Å². The third-order valence-corrected chi connectivity index (χ3v) is 7.53. The van der Waals surface area contributed by atoms with Gasteiger partial charge in [0.25, 0.3) is 5.91 Å². The van der Waals surface area contributed by atoms with Gasteiger partial charge in [-0.1, -0.05) is 25.5 Å². The molecule has 2 aromatic carbocycles. The summed E-state index contributed by atoms with van der Waals surface area (Å²) in [7, 11) is 0. The number of rotatable bonds is 7.